The zero-order valence-corrected chi connectivity index (χ0v) is 14.0. The van der Waals surface area contributed by atoms with Crippen molar-refractivity contribution in [3.05, 3.63) is 65.1 Å². The molecule has 0 atom stereocenters. The minimum Gasteiger partial charge on any atom is -0.378 e. The van der Waals surface area contributed by atoms with Crippen molar-refractivity contribution in [3.8, 4) is 5.69 Å². The van der Waals surface area contributed by atoms with Crippen molar-refractivity contribution in [1.82, 2.24) is 13.8 Å². The summed E-state index contributed by atoms with van der Waals surface area (Å²) in [5, 5.41) is 0.653. The Bertz CT molecular complexity index is 954. The van der Waals surface area contributed by atoms with E-state index >= 15 is 0 Å². The number of benzene rings is 1. The second-order valence-corrected chi connectivity index (χ2v) is 6.58. The second kappa shape index (κ2) is 6.22. The normalized spacial score (nSPS) is 14.9. The molecular weight excluding hydrogens is 322 g/mol. The van der Waals surface area contributed by atoms with Crippen LogP contribution in [0.2, 0.25) is 0 Å². The summed E-state index contributed by atoms with van der Waals surface area (Å²) >= 11 is 1.36. The Hall–Kier alpha value is -2.44. The van der Waals surface area contributed by atoms with Gasteiger partial charge in [0.25, 0.3) is 5.56 Å². The average Bonchev–Trinajstić information content (AvgIpc) is 2.99. The van der Waals surface area contributed by atoms with E-state index in [0.717, 1.165) is 48.1 Å². The maximum absolute atomic E-state index is 12.6. The quantitative estimate of drug-likeness (QED) is 0.736. The number of morpholine rings is 1. The molecule has 1 saturated heterocycles. The summed E-state index contributed by atoms with van der Waals surface area (Å²) < 4.78 is 7.08. The largest absolute Gasteiger partial charge is 0.378 e. The maximum Gasteiger partial charge on any atom is 0.274 e. The highest BCUT2D eigenvalue weighted by molar-refractivity contribution is 7.13. The Morgan fingerprint density at radius 2 is 2.04 bits per heavy atom. The third-order valence-corrected chi connectivity index (χ3v) is 5.23. The summed E-state index contributed by atoms with van der Waals surface area (Å²) in [6, 6.07) is 11.5. The molecule has 0 amide bonds. The van der Waals surface area contributed by atoms with Gasteiger partial charge in [0.1, 0.15) is 4.83 Å². The molecule has 24 heavy (non-hydrogen) atoms. The molecule has 1 aliphatic heterocycles. The lowest BCUT2D eigenvalue weighted by atomic mass is 10.1. The Labute approximate surface area is 143 Å². The van der Waals surface area contributed by atoms with Crippen LogP contribution in [0.15, 0.2) is 54.0 Å². The van der Waals surface area contributed by atoms with Gasteiger partial charge in [0.2, 0.25) is 0 Å². The van der Waals surface area contributed by atoms with Crippen LogP contribution in [0.3, 0.4) is 0 Å². The molecule has 0 radical (unpaired) electrons. The third kappa shape index (κ3) is 2.64. The predicted molar refractivity (Wildman–Crippen MR) is 96.6 cm³/mol. The van der Waals surface area contributed by atoms with Gasteiger partial charge >= 0.3 is 0 Å². The van der Waals surface area contributed by atoms with E-state index in [9.17, 15) is 4.79 Å². The first-order chi connectivity index (χ1) is 11.7. The molecule has 0 bridgehead atoms. The van der Waals surface area contributed by atoms with Crippen molar-refractivity contribution in [2.45, 2.75) is 0 Å². The number of hydrogen-bond donors (Lipinski definition) is 0. The SMILES string of the molecule is C=C(c1cccc(-n2sc3ncccc3c2=O)c1)N1CCOCC1. The Morgan fingerprint density at radius 3 is 2.83 bits per heavy atom. The topological polar surface area (TPSA) is 47.4 Å². The molecule has 0 N–H and O–H groups in total. The van der Waals surface area contributed by atoms with Crippen molar-refractivity contribution < 1.29 is 4.74 Å². The van der Waals surface area contributed by atoms with E-state index in [1.165, 1.54) is 11.5 Å². The molecule has 1 aliphatic rings. The fourth-order valence-electron chi connectivity index (χ4n) is 2.86. The van der Waals surface area contributed by atoms with Crippen LogP contribution in [-0.2, 0) is 4.74 Å². The summed E-state index contributed by atoms with van der Waals surface area (Å²) in [5.41, 5.74) is 2.80. The van der Waals surface area contributed by atoms with E-state index in [1.807, 2.05) is 30.3 Å². The summed E-state index contributed by atoms with van der Waals surface area (Å²) in [4.78, 5) is 19.8. The molecule has 0 aliphatic carbocycles. The van der Waals surface area contributed by atoms with E-state index in [4.69, 9.17) is 4.74 Å². The zero-order valence-electron chi connectivity index (χ0n) is 13.1. The lowest BCUT2D eigenvalue weighted by Crippen LogP contribution is -2.34. The molecule has 122 valence electrons. The monoisotopic (exact) mass is 339 g/mol. The summed E-state index contributed by atoms with van der Waals surface area (Å²) in [6.45, 7) is 7.35. The number of aromatic nitrogens is 2. The molecule has 0 saturated carbocycles. The fourth-order valence-corrected chi connectivity index (χ4v) is 3.80. The smallest absolute Gasteiger partial charge is 0.274 e. The molecule has 0 unspecified atom stereocenters. The van der Waals surface area contributed by atoms with Crippen LogP contribution in [0.4, 0.5) is 0 Å². The van der Waals surface area contributed by atoms with Crippen LogP contribution in [0.5, 0.6) is 0 Å². The third-order valence-electron chi connectivity index (χ3n) is 4.17. The fraction of sp³-hybridized carbons (Fsp3) is 0.222. The Balaban J connectivity index is 1.72. The number of nitrogens with zero attached hydrogens (tertiary/aromatic N) is 3. The summed E-state index contributed by atoms with van der Waals surface area (Å²) in [5.74, 6) is 0. The molecule has 6 heteroatoms. The van der Waals surface area contributed by atoms with E-state index < -0.39 is 0 Å². The standard InChI is InChI=1S/C18H17N3O2S/c1-13(20-8-10-23-11-9-20)14-4-2-5-15(12-14)21-18(22)16-6-3-7-19-17(16)24-21/h2-7,12H,1,8-11H2. The second-order valence-electron chi connectivity index (χ2n) is 5.64. The van der Waals surface area contributed by atoms with Gasteiger partial charge in [0.15, 0.2) is 0 Å². The molecule has 4 rings (SSSR count). The molecule has 1 aromatic carbocycles. The first kappa shape index (κ1) is 15.1. The highest BCUT2D eigenvalue weighted by atomic mass is 32.1. The minimum atomic E-state index is -0.0303. The maximum atomic E-state index is 12.6. The first-order valence-electron chi connectivity index (χ1n) is 7.83. The molecule has 1 fully saturated rings. The lowest BCUT2D eigenvalue weighted by Gasteiger charge is -2.30. The van der Waals surface area contributed by atoms with E-state index in [-0.39, 0.29) is 5.56 Å². The molecule has 3 aromatic rings. The van der Waals surface area contributed by atoms with E-state index in [2.05, 4.69) is 16.5 Å². The van der Waals surface area contributed by atoms with Crippen LogP contribution >= 0.6 is 11.5 Å². The number of rotatable bonds is 3. The molecule has 2 aromatic heterocycles. The molecular formula is C18H17N3O2S. The Morgan fingerprint density at radius 1 is 1.21 bits per heavy atom. The number of ether oxygens (including phenoxy) is 1. The number of pyridine rings is 1. The highest BCUT2D eigenvalue weighted by Gasteiger charge is 2.15. The van der Waals surface area contributed by atoms with Gasteiger partial charge in [-0.1, -0.05) is 18.7 Å². The summed E-state index contributed by atoms with van der Waals surface area (Å²) in [6.07, 6.45) is 1.71. The minimum absolute atomic E-state index is 0.0303. The van der Waals surface area contributed by atoms with Crippen molar-refractivity contribution in [3.63, 3.8) is 0 Å². The van der Waals surface area contributed by atoms with Crippen molar-refractivity contribution >= 4 is 27.4 Å². The van der Waals surface area contributed by atoms with Crippen molar-refractivity contribution in [2.24, 2.45) is 0 Å². The number of hydrogen-bond acceptors (Lipinski definition) is 5. The van der Waals surface area contributed by atoms with Crippen LogP contribution < -0.4 is 5.56 Å². The van der Waals surface area contributed by atoms with Gasteiger partial charge in [-0.2, -0.15) is 0 Å². The van der Waals surface area contributed by atoms with Crippen LogP contribution in [0.25, 0.3) is 21.6 Å². The van der Waals surface area contributed by atoms with E-state index in [1.54, 1.807) is 16.2 Å². The van der Waals surface area contributed by atoms with Crippen LogP contribution in [0.1, 0.15) is 5.56 Å². The van der Waals surface area contributed by atoms with Crippen LogP contribution in [-0.4, -0.2) is 40.1 Å². The average molecular weight is 339 g/mol. The highest BCUT2D eigenvalue weighted by Crippen LogP contribution is 2.23. The number of fused-ring (bicyclic) bond motifs is 1. The van der Waals surface area contributed by atoms with Gasteiger partial charge in [-0.3, -0.25) is 4.79 Å². The molecule has 0 spiro atoms. The van der Waals surface area contributed by atoms with E-state index in [0.29, 0.717) is 5.39 Å². The first-order valence-corrected chi connectivity index (χ1v) is 8.61. The van der Waals surface area contributed by atoms with Gasteiger partial charge < -0.3 is 9.64 Å². The van der Waals surface area contributed by atoms with Gasteiger partial charge in [-0.15, -0.1) is 0 Å². The van der Waals surface area contributed by atoms with Gasteiger partial charge in [-0.25, -0.2) is 8.94 Å². The van der Waals surface area contributed by atoms with Gasteiger partial charge in [0.05, 0.1) is 24.3 Å². The van der Waals surface area contributed by atoms with Crippen LogP contribution in [0, 0.1) is 0 Å². The molecule has 5 nitrogen and oxygen atoms in total. The lowest BCUT2D eigenvalue weighted by molar-refractivity contribution is 0.0641. The van der Waals surface area contributed by atoms with Gasteiger partial charge in [0, 0.05) is 25.0 Å². The Kier molecular flexibility index (Phi) is 3.92. The van der Waals surface area contributed by atoms with Crippen molar-refractivity contribution in [1.29, 1.82) is 0 Å². The predicted octanol–water partition coefficient (Wildman–Crippen LogP) is 2.75. The molecule has 3 heterocycles. The zero-order chi connectivity index (χ0) is 16.5. The summed E-state index contributed by atoms with van der Waals surface area (Å²) in [7, 11) is 0. The van der Waals surface area contributed by atoms with Gasteiger partial charge in [-0.05, 0) is 41.4 Å². The van der Waals surface area contributed by atoms with Crippen molar-refractivity contribution in [2.75, 3.05) is 26.3 Å².